The Hall–Kier alpha value is -2.86. The van der Waals surface area contributed by atoms with Crippen LogP contribution in [0.3, 0.4) is 0 Å². The van der Waals surface area contributed by atoms with Crippen LogP contribution in [-0.2, 0) is 11.2 Å². The largest absolute Gasteiger partial charge is 0.494 e. The first kappa shape index (κ1) is 17.9. The van der Waals surface area contributed by atoms with Crippen LogP contribution >= 0.6 is 11.6 Å². The first-order valence-corrected chi connectivity index (χ1v) is 8.71. The standard InChI is InChI=1S/C19H19ClN4O2/c1-2-26-17-9-4-3-6-14(17)10-11-18(25)23-16-8-5-7-15(20)19(16)24-13-21-12-22-24/h3-9,12-13H,2,10-11H2,1H3,(H,23,25). The third-order valence-corrected chi connectivity index (χ3v) is 4.11. The quantitative estimate of drug-likeness (QED) is 0.685. The maximum absolute atomic E-state index is 12.4. The summed E-state index contributed by atoms with van der Waals surface area (Å²) in [7, 11) is 0. The van der Waals surface area contributed by atoms with E-state index in [0.717, 1.165) is 11.3 Å². The van der Waals surface area contributed by atoms with Crippen LogP contribution in [0.25, 0.3) is 5.69 Å². The predicted octanol–water partition coefficient (Wildman–Crippen LogP) is 3.89. The molecule has 0 radical (unpaired) electrons. The lowest BCUT2D eigenvalue weighted by molar-refractivity contribution is -0.116. The fraction of sp³-hybridized carbons (Fsp3) is 0.211. The molecule has 2 aromatic carbocycles. The van der Waals surface area contributed by atoms with Gasteiger partial charge in [-0.05, 0) is 37.1 Å². The number of amides is 1. The van der Waals surface area contributed by atoms with Crippen molar-refractivity contribution in [2.45, 2.75) is 19.8 Å². The lowest BCUT2D eigenvalue weighted by atomic mass is 10.1. The van der Waals surface area contributed by atoms with Gasteiger partial charge >= 0.3 is 0 Å². The van der Waals surface area contributed by atoms with Gasteiger partial charge in [0.05, 0.1) is 17.3 Å². The fourth-order valence-corrected chi connectivity index (χ4v) is 2.90. The Kier molecular flexibility index (Phi) is 5.86. The van der Waals surface area contributed by atoms with Crippen molar-refractivity contribution in [2.75, 3.05) is 11.9 Å². The fourth-order valence-electron chi connectivity index (χ4n) is 2.64. The molecule has 0 unspecified atom stereocenters. The summed E-state index contributed by atoms with van der Waals surface area (Å²) in [5, 5.41) is 7.48. The second-order valence-electron chi connectivity index (χ2n) is 5.56. The summed E-state index contributed by atoms with van der Waals surface area (Å²) in [4.78, 5) is 16.4. The highest BCUT2D eigenvalue weighted by atomic mass is 35.5. The van der Waals surface area contributed by atoms with E-state index in [9.17, 15) is 4.79 Å². The highest BCUT2D eigenvalue weighted by Gasteiger charge is 2.13. The van der Waals surface area contributed by atoms with Crippen LogP contribution in [0.15, 0.2) is 55.1 Å². The van der Waals surface area contributed by atoms with Crippen LogP contribution in [0.1, 0.15) is 18.9 Å². The van der Waals surface area contributed by atoms with Crippen molar-refractivity contribution in [3.05, 3.63) is 65.7 Å². The first-order valence-electron chi connectivity index (χ1n) is 8.33. The Balaban J connectivity index is 1.71. The van der Waals surface area contributed by atoms with Crippen LogP contribution in [0.5, 0.6) is 5.75 Å². The Morgan fingerprint density at radius 3 is 2.85 bits per heavy atom. The van der Waals surface area contributed by atoms with E-state index in [1.165, 1.54) is 17.3 Å². The summed E-state index contributed by atoms with van der Waals surface area (Å²) in [6, 6.07) is 13.1. The molecule has 0 spiro atoms. The summed E-state index contributed by atoms with van der Waals surface area (Å²) in [5.74, 6) is 0.703. The zero-order chi connectivity index (χ0) is 18.4. The summed E-state index contributed by atoms with van der Waals surface area (Å²) < 4.78 is 7.13. The van der Waals surface area contributed by atoms with E-state index in [4.69, 9.17) is 16.3 Å². The molecule has 0 saturated heterocycles. The molecule has 1 heterocycles. The molecular weight excluding hydrogens is 352 g/mol. The minimum atomic E-state index is -0.111. The molecule has 3 rings (SSSR count). The molecular formula is C19H19ClN4O2. The molecule has 0 saturated carbocycles. The normalized spacial score (nSPS) is 10.5. The van der Waals surface area contributed by atoms with Gasteiger partial charge in [0.15, 0.2) is 0 Å². The van der Waals surface area contributed by atoms with Gasteiger partial charge in [-0.2, -0.15) is 5.10 Å². The van der Waals surface area contributed by atoms with Crippen LogP contribution < -0.4 is 10.1 Å². The van der Waals surface area contributed by atoms with Crippen molar-refractivity contribution >= 4 is 23.2 Å². The van der Waals surface area contributed by atoms with Crippen LogP contribution in [0.2, 0.25) is 5.02 Å². The maximum atomic E-state index is 12.4. The van der Waals surface area contributed by atoms with Crippen LogP contribution in [-0.4, -0.2) is 27.3 Å². The minimum Gasteiger partial charge on any atom is -0.494 e. The lowest BCUT2D eigenvalue weighted by Gasteiger charge is -2.13. The summed E-state index contributed by atoms with van der Waals surface area (Å²) in [6.45, 7) is 2.53. The summed E-state index contributed by atoms with van der Waals surface area (Å²) in [6.07, 6.45) is 3.86. The molecule has 26 heavy (non-hydrogen) atoms. The molecule has 7 heteroatoms. The van der Waals surface area contributed by atoms with Crippen molar-refractivity contribution in [2.24, 2.45) is 0 Å². The van der Waals surface area contributed by atoms with Crippen LogP contribution in [0.4, 0.5) is 5.69 Å². The Morgan fingerprint density at radius 2 is 2.08 bits per heavy atom. The van der Waals surface area contributed by atoms with Gasteiger partial charge in [0, 0.05) is 6.42 Å². The number of hydrogen-bond donors (Lipinski definition) is 1. The molecule has 0 bridgehead atoms. The molecule has 0 fully saturated rings. The molecule has 1 aromatic heterocycles. The highest BCUT2D eigenvalue weighted by molar-refractivity contribution is 6.33. The zero-order valence-electron chi connectivity index (χ0n) is 14.4. The number of ether oxygens (including phenoxy) is 1. The number of rotatable bonds is 7. The van der Waals surface area contributed by atoms with Crippen molar-refractivity contribution in [1.29, 1.82) is 0 Å². The van der Waals surface area contributed by atoms with Crippen LogP contribution in [0, 0.1) is 0 Å². The Labute approximate surface area is 156 Å². The van der Waals surface area contributed by atoms with Gasteiger partial charge in [0.1, 0.15) is 24.1 Å². The average molecular weight is 371 g/mol. The predicted molar refractivity (Wildman–Crippen MR) is 101 cm³/mol. The number of aromatic nitrogens is 3. The average Bonchev–Trinajstić information content (AvgIpc) is 3.15. The second-order valence-corrected chi connectivity index (χ2v) is 5.97. The topological polar surface area (TPSA) is 69.0 Å². The number of benzene rings is 2. The number of para-hydroxylation sites is 2. The molecule has 0 atom stereocenters. The van der Waals surface area contributed by atoms with Gasteiger partial charge in [-0.3, -0.25) is 4.79 Å². The zero-order valence-corrected chi connectivity index (χ0v) is 15.1. The van der Waals surface area contributed by atoms with E-state index >= 15 is 0 Å². The highest BCUT2D eigenvalue weighted by Crippen LogP contribution is 2.28. The van der Waals surface area contributed by atoms with Gasteiger partial charge in [-0.15, -0.1) is 0 Å². The third kappa shape index (κ3) is 4.21. The van der Waals surface area contributed by atoms with Crippen molar-refractivity contribution < 1.29 is 9.53 Å². The summed E-state index contributed by atoms with van der Waals surface area (Å²) >= 11 is 6.28. The number of anilines is 1. The van der Waals surface area contributed by atoms with Crippen molar-refractivity contribution in [1.82, 2.24) is 14.8 Å². The molecule has 0 aliphatic rings. The SMILES string of the molecule is CCOc1ccccc1CCC(=O)Nc1cccc(Cl)c1-n1cncn1. The van der Waals surface area contributed by atoms with E-state index in [1.807, 2.05) is 31.2 Å². The minimum absolute atomic E-state index is 0.111. The molecule has 0 aliphatic carbocycles. The van der Waals surface area contributed by atoms with Crippen molar-refractivity contribution in [3.8, 4) is 11.4 Å². The lowest BCUT2D eigenvalue weighted by Crippen LogP contribution is -2.15. The molecule has 1 amide bonds. The molecule has 3 aromatic rings. The van der Waals surface area contributed by atoms with Gasteiger partial charge in [-0.25, -0.2) is 9.67 Å². The monoisotopic (exact) mass is 370 g/mol. The Bertz CT molecular complexity index is 881. The van der Waals surface area contributed by atoms with Gasteiger partial charge in [-0.1, -0.05) is 35.9 Å². The maximum Gasteiger partial charge on any atom is 0.224 e. The molecule has 1 N–H and O–H groups in total. The smallest absolute Gasteiger partial charge is 0.224 e. The summed E-state index contributed by atoms with van der Waals surface area (Å²) in [5.41, 5.74) is 2.19. The third-order valence-electron chi connectivity index (χ3n) is 3.80. The number of carbonyl (C=O) groups excluding carboxylic acids is 1. The van der Waals surface area contributed by atoms with E-state index in [1.54, 1.807) is 18.2 Å². The number of carbonyl (C=O) groups is 1. The van der Waals surface area contributed by atoms with Gasteiger partial charge in [0.25, 0.3) is 0 Å². The van der Waals surface area contributed by atoms with Gasteiger partial charge < -0.3 is 10.1 Å². The van der Waals surface area contributed by atoms with Crippen molar-refractivity contribution in [3.63, 3.8) is 0 Å². The molecule has 0 aliphatic heterocycles. The van der Waals surface area contributed by atoms with E-state index < -0.39 is 0 Å². The molecule has 6 nitrogen and oxygen atoms in total. The van der Waals surface area contributed by atoms with Gasteiger partial charge in [0.2, 0.25) is 5.91 Å². The second kappa shape index (κ2) is 8.49. The van der Waals surface area contributed by atoms with E-state index in [2.05, 4.69) is 15.4 Å². The number of hydrogen-bond acceptors (Lipinski definition) is 4. The van der Waals surface area contributed by atoms with E-state index in [0.29, 0.717) is 35.8 Å². The first-order chi connectivity index (χ1) is 12.7. The number of halogens is 1. The number of nitrogens with one attached hydrogen (secondary N) is 1. The Morgan fingerprint density at radius 1 is 1.23 bits per heavy atom. The molecule has 134 valence electrons. The number of nitrogens with zero attached hydrogens (tertiary/aromatic N) is 3. The number of aryl methyl sites for hydroxylation is 1. The van der Waals surface area contributed by atoms with E-state index in [-0.39, 0.29) is 5.91 Å².